The Balaban J connectivity index is 1.14. The number of aliphatic imine (C=N–C) groups is 1. The molecule has 0 bridgehead atoms. The van der Waals surface area contributed by atoms with Gasteiger partial charge in [-0.2, -0.15) is 0 Å². The van der Waals surface area contributed by atoms with E-state index in [1.165, 1.54) is 48.8 Å². The number of methoxy groups -OCH3 is 1. The van der Waals surface area contributed by atoms with Crippen LogP contribution in [0.25, 0.3) is 11.3 Å². The highest BCUT2D eigenvalue weighted by molar-refractivity contribution is 7.11. The van der Waals surface area contributed by atoms with Crippen LogP contribution in [0.3, 0.4) is 0 Å². The lowest BCUT2D eigenvalue weighted by atomic mass is 9.95. The third kappa shape index (κ3) is 6.16. The number of hydrogen-bond donors (Lipinski definition) is 2. The van der Waals surface area contributed by atoms with Gasteiger partial charge in [0, 0.05) is 72.8 Å². The van der Waals surface area contributed by atoms with E-state index in [1.807, 2.05) is 23.5 Å². The Morgan fingerprint density at radius 3 is 2.65 bits per heavy atom. The van der Waals surface area contributed by atoms with Crippen LogP contribution in [-0.2, 0) is 16.6 Å². The molecule has 2 saturated heterocycles. The molecule has 13 nitrogen and oxygen atoms in total. The Hall–Kier alpha value is -5.12. The molecule has 2 N–H and O–H groups in total. The Morgan fingerprint density at radius 1 is 1.16 bits per heavy atom. The average Bonchev–Trinajstić information content (AvgIpc) is 3.84. The van der Waals surface area contributed by atoms with Crippen molar-refractivity contribution in [2.75, 3.05) is 44.7 Å². The summed E-state index contributed by atoms with van der Waals surface area (Å²) in [6, 6.07) is 9.22. The second-order valence-electron chi connectivity index (χ2n) is 11.8. The van der Waals surface area contributed by atoms with Crippen LogP contribution in [0.1, 0.15) is 27.0 Å². The van der Waals surface area contributed by atoms with Gasteiger partial charge in [0.05, 0.1) is 36.5 Å². The van der Waals surface area contributed by atoms with Crippen LogP contribution in [0.15, 0.2) is 76.5 Å². The molecule has 2 atom stereocenters. The lowest BCUT2D eigenvalue weighted by Gasteiger charge is -2.38. The smallest absolute Gasteiger partial charge is 0.338 e. The third-order valence-corrected chi connectivity index (χ3v) is 9.87. The van der Waals surface area contributed by atoms with Gasteiger partial charge in [-0.1, -0.05) is 29.8 Å². The number of halogens is 2. The van der Waals surface area contributed by atoms with Crippen LogP contribution in [0, 0.1) is 5.82 Å². The van der Waals surface area contributed by atoms with Crippen molar-refractivity contribution in [3.63, 3.8) is 0 Å². The molecule has 0 radical (unpaired) electrons. The maximum absolute atomic E-state index is 14.0. The molecule has 49 heavy (non-hydrogen) atoms. The number of urea groups is 1. The number of ether oxygens (including phenoxy) is 1. The molecule has 252 valence electrons. The molecule has 2 aromatic heterocycles. The molecule has 16 heteroatoms. The molecular weight excluding hydrogens is 675 g/mol. The first-order valence-corrected chi connectivity index (χ1v) is 16.6. The Morgan fingerprint density at radius 2 is 1.96 bits per heavy atom. The van der Waals surface area contributed by atoms with E-state index in [0.717, 1.165) is 5.56 Å². The quantitative estimate of drug-likeness (QED) is 0.258. The van der Waals surface area contributed by atoms with Crippen LogP contribution < -0.4 is 10.2 Å². The zero-order valence-electron chi connectivity index (χ0n) is 26.3. The number of imidazole rings is 1. The first kappa shape index (κ1) is 32.4. The molecule has 0 aliphatic carbocycles. The van der Waals surface area contributed by atoms with Gasteiger partial charge >= 0.3 is 18.0 Å². The monoisotopic (exact) mass is 704 g/mol. The van der Waals surface area contributed by atoms with Gasteiger partial charge in [0.1, 0.15) is 11.9 Å². The number of rotatable bonds is 8. The summed E-state index contributed by atoms with van der Waals surface area (Å²) in [5, 5.41) is 15.1. The Bertz CT molecular complexity index is 2010. The SMILES string of the molecule is COC(=O)C1=C(CN2CCN3C(=O)N(c4nc(-c5ccc(C(=O)O)cc5)cn4C)C[C@@H]3C2)NC(c2nccs2)=N[C@H]1c1ccc(F)cc1Cl. The van der Waals surface area contributed by atoms with Gasteiger partial charge in [0.25, 0.3) is 0 Å². The van der Waals surface area contributed by atoms with E-state index in [2.05, 4.69) is 15.2 Å². The summed E-state index contributed by atoms with van der Waals surface area (Å²) in [5.74, 6) is -1.18. The number of amides is 2. The standard InChI is InChI=1S/C33H30ClFN8O5S/c1-40-16-24(18-3-5-19(6-4-18)30(44)45)38-32(40)43-15-21-14-41(10-11-42(21)33(43)47)17-25-26(31(46)48-2)27(22-8-7-20(35)13-23(22)34)39-28(37-25)29-36-9-12-49-29/h3-9,12-13,16,21,27H,10-11,14-15,17H2,1-2H3,(H,37,39)(H,44,45)/t21-,27-/m0/s1. The number of esters is 1. The minimum absolute atomic E-state index is 0.128. The molecule has 0 saturated carbocycles. The van der Waals surface area contributed by atoms with Gasteiger partial charge in [-0.3, -0.25) is 14.8 Å². The number of piperazine rings is 1. The number of aromatic carboxylic acids is 1. The summed E-state index contributed by atoms with van der Waals surface area (Å²) in [4.78, 5) is 57.8. The number of aromatic nitrogens is 3. The molecule has 2 aromatic carbocycles. The lowest BCUT2D eigenvalue weighted by Crippen LogP contribution is -2.53. The highest BCUT2D eigenvalue weighted by Gasteiger charge is 2.43. The van der Waals surface area contributed by atoms with Crippen molar-refractivity contribution in [2.24, 2.45) is 12.0 Å². The van der Waals surface area contributed by atoms with Crippen LogP contribution >= 0.6 is 22.9 Å². The minimum Gasteiger partial charge on any atom is -0.478 e. The predicted octanol–water partition coefficient (Wildman–Crippen LogP) is 4.18. The molecule has 0 unspecified atom stereocenters. The number of amidine groups is 1. The zero-order valence-corrected chi connectivity index (χ0v) is 27.9. The fraction of sp³-hybridized carbons (Fsp3) is 0.273. The van der Waals surface area contributed by atoms with Crippen LogP contribution in [0.2, 0.25) is 5.02 Å². The molecule has 3 aliphatic heterocycles. The number of aryl methyl sites for hydroxylation is 1. The first-order valence-electron chi connectivity index (χ1n) is 15.3. The molecule has 7 rings (SSSR count). The lowest BCUT2D eigenvalue weighted by molar-refractivity contribution is -0.136. The van der Waals surface area contributed by atoms with E-state index in [1.54, 1.807) is 27.8 Å². The normalized spacial score (nSPS) is 19.5. The maximum Gasteiger partial charge on any atom is 0.338 e. The van der Waals surface area contributed by atoms with Crippen LogP contribution in [0.4, 0.5) is 15.1 Å². The summed E-state index contributed by atoms with van der Waals surface area (Å²) in [5.41, 5.74) is 2.78. The van der Waals surface area contributed by atoms with Crippen molar-refractivity contribution in [3.05, 3.63) is 98.5 Å². The largest absolute Gasteiger partial charge is 0.478 e. The number of hydrogen-bond acceptors (Lipinski definition) is 10. The molecule has 2 fully saturated rings. The second kappa shape index (κ2) is 13.1. The predicted molar refractivity (Wildman–Crippen MR) is 180 cm³/mol. The second-order valence-corrected chi connectivity index (χ2v) is 13.1. The Labute approximate surface area is 288 Å². The summed E-state index contributed by atoms with van der Waals surface area (Å²) >= 11 is 7.87. The van der Waals surface area contributed by atoms with Crippen molar-refractivity contribution in [1.29, 1.82) is 0 Å². The number of nitrogens with zero attached hydrogens (tertiary/aromatic N) is 7. The van der Waals surface area contributed by atoms with Gasteiger partial charge in [0.15, 0.2) is 10.8 Å². The van der Waals surface area contributed by atoms with Gasteiger partial charge in [-0.15, -0.1) is 11.3 Å². The zero-order chi connectivity index (χ0) is 34.4. The maximum atomic E-state index is 14.0. The van der Waals surface area contributed by atoms with Crippen LogP contribution in [-0.4, -0.2) is 99.1 Å². The number of carboxylic acids is 1. The number of benzene rings is 2. The van der Waals surface area contributed by atoms with Gasteiger partial charge in [0.2, 0.25) is 5.95 Å². The molecule has 0 spiro atoms. The molecule has 3 aliphatic rings. The molecule has 2 amide bonds. The van der Waals surface area contributed by atoms with Crippen LogP contribution in [0.5, 0.6) is 0 Å². The van der Waals surface area contributed by atoms with Gasteiger partial charge in [-0.05, 0) is 24.3 Å². The summed E-state index contributed by atoms with van der Waals surface area (Å²) in [7, 11) is 3.11. The van der Waals surface area contributed by atoms with Crippen molar-refractivity contribution in [3.8, 4) is 11.3 Å². The fourth-order valence-electron chi connectivity index (χ4n) is 6.40. The number of nitrogens with one attached hydrogen (secondary N) is 1. The van der Waals surface area contributed by atoms with Crippen molar-refractivity contribution >= 4 is 52.7 Å². The van der Waals surface area contributed by atoms with E-state index in [-0.39, 0.29) is 28.2 Å². The van der Waals surface area contributed by atoms with E-state index in [0.29, 0.717) is 66.5 Å². The van der Waals surface area contributed by atoms with Gasteiger partial charge in [-0.25, -0.2) is 28.7 Å². The summed E-state index contributed by atoms with van der Waals surface area (Å²) in [6.45, 7) is 2.20. The molecule has 4 aromatic rings. The summed E-state index contributed by atoms with van der Waals surface area (Å²) in [6.07, 6.45) is 3.47. The number of carboxylic acid groups (broad SMARTS) is 1. The number of carbonyl (C=O) groups is 3. The first-order chi connectivity index (χ1) is 23.6. The van der Waals surface area contributed by atoms with Crippen molar-refractivity contribution in [2.45, 2.75) is 12.1 Å². The fourth-order valence-corrected chi connectivity index (χ4v) is 7.26. The van der Waals surface area contributed by atoms with Crippen molar-refractivity contribution < 1.29 is 28.6 Å². The van der Waals surface area contributed by atoms with E-state index in [9.17, 15) is 23.9 Å². The number of fused-ring (bicyclic) bond motifs is 1. The number of thiazole rings is 1. The minimum atomic E-state index is -1.01. The highest BCUT2D eigenvalue weighted by atomic mass is 35.5. The topological polar surface area (TPSA) is 145 Å². The number of carbonyl (C=O) groups excluding carboxylic acids is 2. The number of anilines is 1. The van der Waals surface area contributed by atoms with E-state index >= 15 is 0 Å². The average molecular weight is 705 g/mol. The molecule has 5 heterocycles. The molecular formula is C33H30ClFN8O5S. The van der Waals surface area contributed by atoms with E-state index in [4.69, 9.17) is 26.3 Å². The Kier molecular flexibility index (Phi) is 8.64. The third-order valence-electron chi connectivity index (χ3n) is 8.76. The van der Waals surface area contributed by atoms with E-state index < -0.39 is 23.8 Å². The van der Waals surface area contributed by atoms with Crippen molar-refractivity contribution in [1.82, 2.24) is 29.7 Å². The summed E-state index contributed by atoms with van der Waals surface area (Å²) < 4.78 is 21.0. The highest BCUT2D eigenvalue weighted by Crippen LogP contribution is 2.37. The van der Waals surface area contributed by atoms with Gasteiger partial charge < -0.3 is 24.6 Å².